The molecule has 0 aromatic carbocycles. The van der Waals surface area contributed by atoms with Crippen LogP contribution in [0.3, 0.4) is 0 Å². The van der Waals surface area contributed by atoms with Gasteiger partial charge in [0.1, 0.15) is 17.3 Å². The van der Waals surface area contributed by atoms with E-state index in [1.807, 2.05) is 0 Å². The van der Waals surface area contributed by atoms with E-state index in [0.29, 0.717) is 55.0 Å². The van der Waals surface area contributed by atoms with Crippen molar-refractivity contribution in [3.8, 4) is 0 Å². The van der Waals surface area contributed by atoms with E-state index in [0.717, 1.165) is 25.7 Å². The van der Waals surface area contributed by atoms with Gasteiger partial charge in [-0.1, -0.05) is 13.8 Å². The molecule has 6 atom stereocenters. The normalized spacial score (nSPS) is 51.3. The van der Waals surface area contributed by atoms with Crippen molar-refractivity contribution in [2.24, 2.45) is 34.5 Å². The summed E-state index contributed by atoms with van der Waals surface area (Å²) in [6, 6.07) is 0. The second-order valence-electron chi connectivity index (χ2n) is 8.77. The molecule has 0 aromatic rings. The van der Waals surface area contributed by atoms with Crippen molar-refractivity contribution in [3.05, 3.63) is 0 Å². The Morgan fingerprint density at radius 3 is 2.45 bits per heavy atom. The summed E-state index contributed by atoms with van der Waals surface area (Å²) < 4.78 is 0. The molecule has 4 fully saturated rings. The van der Waals surface area contributed by atoms with Crippen LogP contribution in [0.2, 0.25) is 0 Å². The van der Waals surface area contributed by atoms with Crippen LogP contribution in [0.15, 0.2) is 0 Å². The number of hydrogen-bond acceptors (Lipinski definition) is 3. The van der Waals surface area contributed by atoms with Gasteiger partial charge in [-0.2, -0.15) is 0 Å². The Hall–Kier alpha value is -0.990. The maximum Gasteiger partial charge on any atom is 0.139 e. The van der Waals surface area contributed by atoms with Crippen LogP contribution in [0, 0.1) is 34.5 Å². The van der Waals surface area contributed by atoms with Crippen LogP contribution in [0.25, 0.3) is 0 Å². The number of hydrogen-bond donors (Lipinski definition) is 0. The lowest BCUT2D eigenvalue weighted by Crippen LogP contribution is -2.56. The molecule has 0 amide bonds. The lowest BCUT2D eigenvalue weighted by Gasteiger charge is -2.58. The van der Waals surface area contributed by atoms with Crippen molar-refractivity contribution >= 4 is 17.3 Å². The molecule has 4 rings (SSSR count). The molecule has 0 saturated heterocycles. The van der Waals surface area contributed by atoms with Gasteiger partial charge in [0.2, 0.25) is 0 Å². The summed E-state index contributed by atoms with van der Waals surface area (Å²) in [4.78, 5) is 37.0. The van der Waals surface area contributed by atoms with E-state index < -0.39 is 0 Å². The molecule has 3 nitrogen and oxygen atoms in total. The molecule has 120 valence electrons. The Kier molecular flexibility index (Phi) is 3.00. The summed E-state index contributed by atoms with van der Waals surface area (Å²) >= 11 is 0. The smallest absolute Gasteiger partial charge is 0.139 e. The molecule has 0 radical (unpaired) electrons. The topological polar surface area (TPSA) is 51.2 Å². The van der Waals surface area contributed by atoms with Crippen molar-refractivity contribution < 1.29 is 14.4 Å². The maximum absolute atomic E-state index is 12.8. The fourth-order valence-electron chi connectivity index (χ4n) is 6.61. The van der Waals surface area contributed by atoms with Gasteiger partial charge < -0.3 is 0 Å². The van der Waals surface area contributed by atoms with E-state index in [1.54, 1.807) is 0 Å². The predicted molar refractivity (Wildman–Crippen MR) is 82.1 cm³/mol. The van der Waals surface area contributed by atoms with Crippen molar-refractivity contribution in [2.75, 3.05) is 0 Å². The monoisotopic (exact) mass is 302 g/mol. The van der Waals surface area contributed by atoms with Crippen LogP contribution in [-0.4, -0.2) is 17.3 Å². The SMILES string of the molecule is CC12CCC3C(CC(=O)C4CC(=O)CCC43C)C1CCC2=O. The highest BCUT2D eigenvalue weighted by atomic mass is 16.1. The molecule has 4 aliphatic rings. The quantitative estimate of drug-likeness (QED) is 0.689. The van der Waals surface area contributed by atoms with Gasteiger partial charge >= 0.3 is 0 Å². The molecule has 0 spiro atoms. The number of Topliss-reactive ketones (excluding diaryl/α,β-unsaturated/α-hetero) is 3. The molecule has 0 N–H and O–H groups in total. The Morgan fingerprint density at radius 2 is 1.68 bits per heavy atom. The van der Waals surface area contributed by atoms with E-state index in [9.17, 15) is 14.4 Å². The van der Waals surface area contributed by atoms with Gasteiger partial charge in [-0.25, -0.2) is 0 Å². The summed E-state index contributed by atoms with van der Waals surface area (Å²) in [6.45, 7) is 4.41. The third kappa shape index (κ3) is 1.71. The number of ketones is 3. The third-order valence-corrected chi connectivity index (χ3v) is 7.99. The van der Waals surface area contributed by atoms with Crippen LogP contribution in [0.4, 0.5) is 0 Å². The molecule has 22 heavy (non-hydrogen) atoms. The van der Waals surface area contributed by atoms with Crippen LogP contribution >= 0.6 is 0 Å². The standard InChI is InChI=1S/C19H26O3/c1-18-7-5-11(20)9-15(18)16(21)10-12-13-3-4-17(22)19(13,2)8-6-14(12)18/h12-15H,3-10H2,1-2H3. The number of fused-ring (bicyclic) bond motifs is 5. The average Bonchev–Trinajstić information content (AvgIpc) is 2.77. The molecular weight excluding hydrogens is 276 g/mol. The van der Waals surface area contributed by atoms with Gasteiger partial charge in [0.15, 0.2) is 0 Å². The zero-order valence-corrected chi connectivity index (χ0v) is 13.7. The molecule has 0 aromatic heterocycles. The summed E-state index contributed by atoms with van der Waals surface area (Å²) in [5, 5.41) is 0. The van der Waals surface area contributed by atoms with Gasteiger partial charge in [0.25, 0.3) is 0 Å². The first kappa shape index (κ1) is 14.6. The highest BCUT2D eigenvalue weighted by Gasteiger charge is 2.62. The summed E-state index contributed by atoms with van der Waals surface area (Å²) in [5.41, 5.74) is -0.171. The number of carbonyl (C=O) groups excluding carboxylic acids is 3. The van der Waals surface area contributed by atoms with E-state index in [-0.39, 0.29) is 22.5 Å². The first-order chi connectivity index (χ1) is 10.4. The predicted octanol–water partition coefficient (Wildman–Crippen LogP) is 3.35. The number of rotatable bonds is 0. The minimum Gasteiger partial charge on any atom is -0.300 e. The van der Waals surface area contributed by atoms with Gasteiger partial charge in [0.05, 0.1) is 0 Å². The average molecular weight is 302 g/mol. The van der Waals surface area contributed by atoms with E-state index in [4.69, 9.17) is 0 Å². The van der Waals surface area contributed by atoms with Gasteiger partial charge in [-0.15, -0.1) is 0 Å². The lowest BCUT2D eigenvalue weighted by atomic mass is 9.45. The van der Waals surface area contributed by atoms with Crippen molar-refractivity contribution in [2.45, 2.75) is 65.2 Å². The minimum atomic E-state index is -0.171. The fraction of sp³-hybridized carbons (Fsp3) is 0.842. The van der Waals surface area contributed by atoms with Crippen molar-refractivity contribution in [1.29, 1.82) is 0 Å². The van der Waals surface area contributed by atoms with Gasteiger partial charge in [-0.05, 0) is 48.9 Å². The lowest BCUT2D eigenvalue weighted by molar-refractivity contribution is -0.159. The molecule has 0 aliphatic heterocycles. The Bertz CT molecular complexity index is 565. The molecule has 4 aliphatic carbocycles. The van der Waals surface area contributed by atoms with Gasteiger partial charge in [-0.3, -0.25) is 14.4 Å². The molecule has 0 bridgehead atoms. The molecule has 6 unspecified atom stereocenters. The fourth-order valence-corrected chi connectivity index (χ4v) is 6.61. The van der Waals surface area contributed by atoms with Gasteiger partial charge in [0, 0.05) is 37.0 Å². The minimum absolute atomic E-state index is 0.000871. The second-order valence-corrected chi connectivity index (χ2v) is 8.77. The van der Waals surface area contributed by atoms with Crippen LogP contribution < -0.4 is 0 Å². The summed E-state index contributed by atoms with van der Waals surface area (Å²) in [7, 11) is 0. The molecular formula is C19H26O3. The Balaban J connectivity index is 1.71. The van der Waals surface area contributed by atoms with Crippen LogP contribution in [0.5, 0.6) is 0 Å². The summed E-state index contributed by atoms with van der Waals surface area (Å²) in [5.74, 6) is 2.27. The second kappa shape index (κ2) is 4.52. The zero-order chi connectivity index (χ0) is 15.7. The molecule has 3 heteroatoms. The van der Waals surface area contributed by atoms with Crippen molar-refractivity contribution in [3.63, 3.8) is 0 Å². The zero-order valence-electron chi connectivity index (χ0n) is 13.7. The maximum atomic E-state index is 12.8. The first-order valence-corrected chi connectivity index (χ1v) is 8.94. The Labute approximate surface area is 132 Å². The van der Waals surface area contributed by atoms with E-state index >= 15 is 0 Å². The highest BCUT2D eigenvalue weighted by molar-refractivity contribution is 5.91. The largest absolute Gasteiger partial charge is 0.300 e. The number of carbonyl (C=O) groups is 3. The van der Waals surface area contributed by atoms with Crippen LogP contribution in [0.1, 0.15) is 65.2 Å². The first-order valence-electron chi connectivity index (χ1n) is 8.94. The molecule has 4 saturated carbocycles. The molecule has 0 heterocycles. The third-order valence-electron chi connectivity index (χ3n) is 7.99. The summed E-state index contributed by atoms with van der Waals surface area (Å²) in [6.07, 6.45) is 6.34. The Morgan fingerprint density at radius 1 is 0.909 bits per heavy atom. The van der Waals surface area contributed by atoms with E-state index in [1.165, 1.54) is 0 Å². The van der Waals surface area contributed by atoms with E-state index in [2.05, 4.69) is 13.8 Å². The van der Waals surface area contributed by atoms with Crippen molar-refractivity contribution in [1.82, 2.24) is 0 Å². The highest BCUT2D eigenvalue weighted by Crippen LogP contribution is 2.64. The van der Waals surface area contributed by atoms with Crippen LogP contribution in [-0.2, 0) is 14.4 Å².